The van der Waals surface area contributed by atoms with E-state index in [0.717, 1.165) is 22.7 Å². The number of aryl methyl sites for hydroxylation is 1. The number of halogens is 1. The van der Waals surface area contributed by atoms with Crippen molar-refractivity contribution in [3.63, 3.8) is 0 Å². The maximum Gasteiger partial charge on any atom is 0.239 e. The Morgan fingerprint density at radius 2 is 1.97 bits per heavy atom. The molecule has 2 aromatic heterocycles. The fraction of sp³-hybridized carbons (Fsp3) is 0.143. The molecular formula is C21H19ClN6O2. The first-order valence-electron chi connectivity index (χ1n) is 9.29. The van der Waals surface area contributed by atoms with Crippen LogP contribution in [0.1, 0.15) is 11.6 Å². The summed E-state index contributed by atoms with van der Waals surface area (Å²) in [7, 11) is 0. The molecule has 4 rings (SSSR count). The number of benzene rings is 2. The molecule has 0 radical (unpaired) electrons. The summed E-state index contributed by atoms with van der Waals surface area (Å²) in [4.78, 5) is 12.2. The molecule has 2 N–H and O–H groups in total. The summed E-state index contributed by atoms with van der Waals surface area (Å²) >= 11 is 5.91. The molecule has 4 aromatic rings. The Bertz CT molecular complexity index is 1150. The van der Waals surface area contributed by atoms with Crippen LogP contribution in [0.25, 0.3) is 17.0 Å². The third-order valence-electron chi connectivity index (χ3n) is 4.42. The number of anilines is 1. The number of furan rings is 1. The highest BCUT2D eigenvalue weighted by Crippen LogP contribution is 2.23. The van der Waals surface area contributed by atoms with E-state index in [1.54, 1.807) is 4.68 Å². The highest BCUT2D eigenvalue weighted by molar-refractivity contribution is 6.30. The van der Waals surface area contributed by atoms with Crippen LogP contribution in [0.4, 0.5) is 5.69 Å². The van der Waals surface area contributed by atoms with Crippen LogP contribution in [0.3, 0.4) is 0 Å². The maximum absolute atomic E-state index is 12.2. The van der Waals surface area contributed by atoms with E-state index in [2.05, 4.69) is 26.2 Å². The van der Waals surface area contributed by atoms with Crippen molar-refractivity contribution >= 4 is 23.2 Å². The zero-order chi connectivity index (χ0) is 20.9. The van der Waals surface area contributed by atoms with Crippen molar-refractivity contribution in [3.05, 3.63) is 77.3 Å². The average Bonchev–Trinajstić information content (AvgIpc) is 3.40. The topological polar surface area (TPSA) is 97.9 Å². The molecule has 0 bridgehead atoms. The molecule has 2 heterocycles. The molecule has 0 aliphatic rings. The predicted molar refractivity (Wildman–Crippen MR) is 113 cm³/mol. The van der Waals surface area contributed by atoms with Crippen molar-refractivity contribution in [3.8, 4) is 17.0 Å². The van der Waals surface area contributed by atoms with Gasteiger partial charge in [-0.1, -0.05) is 17.7 Å². The summed E-state index contributed by atoms with van der Waals surface area (Å²) in [6.07, 6.45) is 0. The molecule has 0 aliphatic heterocycles. The van der Waals surface area contributed by atoms with Gasteiger partial charge in [-0.3, -0.25) is 4.79 Å². The van der Waals surface area contributed by atoms with Crippen LogP contribution in [0.2, 0.25) is 5.02 Å². The number of hydrogen-bond donors (Lipinski definition) is 2. The fourth-order valence-electron chi connectivity index (χ4n) is 2.89. The summed E-state index contributed by atoms with van der Waals surface area (Å²) in [5.74, 6) is 1.93. The van der Waals surface area contributed by atoms with Gasteiger partial charge in [-0.05, 0) is 71.9 Å². The zero-order valence-electron chi connectivity index (χ0n) is 16.2. The molecule has 0 saturated heterocycles. The van der Waals surface area contributed by atoms with E-state index in [1.165, 1.54) is 0 Å². The monoisotopic (exact) mass is 422 g/mol. The number of aromatic nitrogens is 4. The van der Waals surface area contributed by atoms with Crippen molar-refractivity contribution < 1.29 is 9.21 Å². The van der Waals surface area contributed by atoms with Gasteiger partial charge in [0.15, 0.2) is 5.82 Å². The van der Waals surface area contributed by atoms with E-state index < -0.39 is 0 Å². The molecule has 30 heavy (non-hydrogen) atoms. The number of rotatable bonds is 7. The van der Waals surface area contributed by atoms with Crippen LogP contribution in [0.15, 0.2) is 65.1 Å². The Morgan fingerprint density at radius 1 is 1.13 bits per heavy atom. The summed E-state index contributed by atoms with van der Waals surface area (Å²) in [5.41, 5.74) is 2.53. The lowest BCUT2D eigenvalue weighted by atomic mass is 10.2. The molecule has 1 amide bonds. The first kappa shape index (κ1) is 19.7. The lowest BCUT2D eigenvalue weighted by Crippen LogP contribution is -2.29. The molecule has 0 saturated carbocycles. The lowest BCUT2D eigenvalue weighted by Gasteiger charge is -2.09. The highest BCUT2D eigenvalue weighted by Gasteiger charge is 2.08. The van der Waals surface area contributed by atoms with Crippen molar-refractivity contribution in [2.24, 2.45) is 0 Å². The second kappa shape index (κ2) is 8.79. The number of nitrogens with one attached hydrogen (secondary N) is 2. The molecule has 8 nitrogen and oxygen atoms in total. The number of hydrogen-bond acceptors (Lipinski definition) is 6. The number of carbonyl (C=O) groups excluding carboxylic acids is 1. The van der Waals surface area contributed by atoms with Crippen molar-refractivity contribution in [2.45, 2.75) is 13.5 Å². The molecule has 9 heteroatoms. The van der Waals surface area contributed by atoms with Crippen LogP contribution >= 0.6 is 11.6 Å². The number of carbonyl (C=O) groups is 1. The van der Waals surface area contributed by atoms with Crippen molar-refractivity contribution in [2.75, 3.05) is 11.9 Å². The zero-order valence-corrected chi connectivity index (χ0v) is 16.9. The normalized spacial score (nSPS) is 10.7. The van der Waals surface area contributed by atoms with Gasteiger partial charge in [0.1, 0.15) is 11.5 Å². The maximum atomic E-state index is 12.2. The van der Waals surface area contributed by atoms with Crippen LogP contribution in [-0.2, 0) is 11.3 Å². The van der Waals surface area contributed by atoms with E-state index >= 15 is 0 Å². The van der Waals surface area contributed by atoms with Gasteiger partial charge >= 0.3 is 0 Å². The van der Waals surface area contributed by atoms with E-state index in [4.69, 9.17) is 16.0 Å². The minimum absolute atomic E-state index is 0.128. The van der Waals surface area contributed by atoms with E-state index in [-0.39, 0.29) is 12.5 Å². The summed E-state index contributed by atoms with van der Waals surface area (Å²) in [5, 5.41) is 18.1. The third kappa shape index (κ3) is 4.66. The molecule has 0 fully saturated rings. The second-order valence-electron chi connectivity index (χ2n) is 6.59. The Morgan fingerprint density at radius 3 is 2.73 bits per heavy atom. The van der Waals surface area contributed by atoms with Gasteiger partial charge in [-0.25, -0.2) is 0 Å². The van der Waals surface area contributed by atoms with Crippen LogP contribution in [0, 0.1) is 6.92 Å². The smallest absolute Gasteiger partial charge is 0.239 e. The Kier molecular flexibility index (Phi) is 5.76. The molecule has 152 valence electrons. The van der Waals surface area contributed by atoms with Gasteiger partial charge in [0, 0.05) is 16.3 Å². The summed E-state index contributed by atoms with van der Waals surface area (Å²) in [6, 6.07) is 18.6. The molecule has 0 atom stereocenters. The summed E-state index contributed by atoms with van der Waals surface area (Å²) < 4.78 is 7.42. The van der Waals surface area contributed by atoms with Gasteiger partial charge in [0.25, 0.3) is 0 Å². The predicted octanol–water partition coefficient (Wildman–Crippen LogP) is 3.61. The number of tetrazole rings is 1. The minimum atomic E-state index is -0.150. The SMILES string of the molecule is Cc1nnnn1-c1cccc(NCC(=O)NCc2ccc(-c3ccc(Cl)cc3)o2)c1. The van der Waals surface area contributed by atoms with Gasteiger partial charge in [0.2, 0.25) is 5.91 Å². The fourth-order valence-corrected chi connectivity index (χ4v) is 3.02. The Balaban J connectivity index is 1.30. The van der Waals surface area contributed by atoms with Crippen LogP contribution < -0.4 is 10.6 Å². The molecular weight excluding hydrogens is 404 g/mol. The average molecular weight is 423 g/mol. The van der Waals surface area contributed by atoms with Crippen LogP contribution in [-0.4, -0.2) is 32.7 Å². The van der Waals surface area contributed by atoms with E-state index in [0.29, 0.717) is 23.2 Å². The standard InChI is InChI=1S/C21H19ClN6O2/c1-14-25-26-27-28(14)18-4-2-3-17(11-18)23-13-21(29)24-12-19-9-10-20(30-19)15-5-7-16(22)8-6-15/h2-11,23H,12-13H2,1H3,(H,24,29). The van der Waals surface area contributed by atoms with Crippen molar-refractivity contribution in [1.82, 2.24) is 25.5 Å². The minimum Gasteiger partial charge on any atom is -0.459 e. The van der Waals surface area contributed by atoms with Gasteiger partial charge in [-0.15, -0.1) is 5.10 Å². The largest absolute Gasteiger partial charge is 0.459 e. The highest BCUT2D eigenvalue weighted by atomic mass is 35.5. The third-order valence-corrected chi connectivity index (χ3v) is 4.67. The molecule has 0 aliphatic carbocycles. The summed E-state index contributed by atoms with van der Waals surface area (Å²) in [6.45, 7) is 2.25. The van der Waals surface area contributed by atoms with Gasteiger partial charge in [0.05, 0.1) is 18.8 Å². The first-order chi connectivity index (χ1) is 14.6. The molecule has 0 spiro atoms. The van der Waals surface area contributed by atoms with E-state index in [1.807, 2.05) is 67.6 Å². The quantitative estimate of drug-likeness (QED) is 0.472. The Hall–Kier alpha value is -3.65. The second-order valence-corrected chi connectivity index (χ2v) is 7.03. The van der Waals surface area contributed by atoms with Gasteiger partial charge < -0.3 is 15.1 Å². The number of amides is 1. The molecule has 2 aromatic carbocycles. The van der Waals surface area contributed by atoms with E-state index in [9.17, 15) is 4.79 Å². The first-order valence-corrected chi connectivity index (χ1v) is 9.67. The van der Waals surface area contributed by atoms with Crippen LogP contribution in [0.5, 0.6) is 0 Å². The van der Waals surface area contributed by atoms with Crippen molar-refractivity contribution in [1.29, 1.82) is 0 Å². The lowest BCUT2D eigenvalue weighted by molar-refractivity contribution is -0.119. The molecule has 0 unspecified atom stereocenters. The van der Waals surface area contributed by atoms with Gasteiger partial charge in [-0.2, -0.15) is 4.68 Å². The Labute approximate surface area is 177 Å². The number of nitrogens with zero attached hydrogens (tertiary/aromatic N) is 4.